The molecule has 0 aliphatic heterocycles. The van der Waals surface area contributed by atoms with Gasteiger partial charge < -0.3 is 4.98 Å². The van der Waals surface area contributed by atoms with Crippen molar-refractivity contribution in [2.45, 2.75) is 0 Å². The van der Waals surface area contributed by atoms with Gasteiger partial charge in [0.1, 0.15) is 0 Å². The number of aromatic amines is 1. The number of carbonyl (C=O) groups excluding carboxylic acids is 1. The van der Waals surface area contributed by atoms with E-state index in [4.69, 9.17) is 0 Å². The van der Waals surface area contributed by atoms with Gasteiger partial charge in [0.2, 0.25) is 5.95 Å². The van der Waals surface area contributed by atoms with Gasteiger partial charge in [-0.15, -0.1) is 5.10 Å². The highest BCUT2D eigenvalue weighted by Gasteiger charge is 2.12. The minimum atomic E-state index is -0.364. The predicted molar refractivity (Wildman–Crippen MR) is 67.9 cm³/mol. The Morgan fingerprint density at radius 1 is 1.26 bits per heavy atom. The van der Waals surface area contributed by atoms with Crippen molar-refractivity contribution < 1.29 is 4.79 Å². The number of benzene rings is 1. The Hall–Kier alpha value is -2.96. The fourth-order valence-electron chi connectivity index (χ4n) is 1.56. The van der Waals surface area contributed by atoms with Crippen molar-refractivity contribution in [3.05, 3.63) is 54.6 Å². The largest absolute Gasteiger partial charge is 0.331 e. The smallest absolute Gasteiger partial charge is 0.280 e. The van der Waals surface area contributed by atoms with E-state index in [1.54, 1.807) is 12.4 Å². The minimum Gasteiger partial charge on any atom is -0.331 e. The molecule has 94 valence electrons. The van der Waals surface area contributed by atoms with Crippen LogP contribution in [0, 0.1) is 0 Å². The molecule has 3 rings (SSSR count). The van der Waals surface area contributed by atoms with Crippen LogP contribution in [0.4, 0.5) is 5.95 Å². The lowest BCUT2D eigenvalue weighted by molar-refractivity contribution is 0.102. The number of nitrogens with one attached hydrogen (secondary N) is 2. The van der Waals surface area contributed by atoms with Gasteiger partial charge in [-0.05, 0) is 12.1 Å². The fraction of sp³-hybridized carbons (Fsp3) is 0. The van der Waals surface area contributed by atoms with Gasteiger partial charge in [-0.25, -0.2) is 4.98 Å². The predicted octanol–water partition coefficient (Wildman–Crippen LogP) is 1.24. The molecule has 0 radical (unpaired) electrons. The first-order valence-electron chi connectivity index (χ1n) is 5.61. The maximum absolute atomic E-state index is 11.9. The number of H-pyrrole nitrogens is 1. The average molecular weight is 254 g/mol. The Balaban J connectivity index is 1.80. The van der Waals surface area contributed by atoms with Crippen LogP contribution in [0.2, 0.25) is 0 Å². The lowest BCUT2D eigenvalue weighted by atomic mass is 10.3. The molecule has 0 atom stereocenters. The first-order valence-corrected chi connectivity index (χ1v) is 5.61. The van der Waals surface area contributed by atoms with Crippen molar-refractivity contribution in [2.75, 3.05) is 5.32 Å². The topological polar surface area (TPSA) is 88.5 Å². The van der Waals surface area contributed by atoms with E-state index in [0.717, 1.165) is 5.69 Å². The fourth-order valence-corrected chi connectivity index (χ4v) is 1.56. The van der Waals surface area contributed by atoms with E-state index in [1.807, 2.05) is 30.3 Å². The maximum atomic E-state index is 11.9. The third kappa shape index (κ3) is 2.34. The van der Waals surface area contributed by atoms with Crippen LogP contribution in [0.1, 0.15) is 10.5 Å². The Labute approximate surface area is 108 Å². The number of nitrogens with zero attached hydrogens (tertiary/aromatic N) is 4. The van der Waals surface area contributed by atoms with E-state index in [-0.39, 0.29) is 11.6 Å². The standard InChI is InChI=1S/C12H10N6O/c19-11(16-12-13-6-7-14-12)10-8-15-18(17-10)9-4-2-1-3-5-9/h1-8H,(H2,13,14,16,19). The number of anilines is 1. The molecule has 0 saturated carbocycles. The van der Waals surface area contributed by atoms with Crippen LogP contribution < -0.4 is 5.32 Å². The summed E-state index contributed by atoms with van der Waals surface area (Å²) in [5.41, 5.74) is 1.01. The van der Waals surface area contributed by atoms with Crippen molar-refractivity contribution in [3.8, 4) is 5.69 Å². The number of amides is 1. The highest BCUT2D eigenvalue weighted by Crippen LogP contribution is 2.05. The number of hydrogen-bond acceptors (Lipinski definition) is 4. The summed E-state index contributed by atoms with van der Waals surface area (Å²) in [6.07, 6.45) is 4.58. The summed E-state index contributed by atoms with van der Waals surface area (Å²) in [6, 6.07) is 9.36. The molecular weight excluding hydrogens is 244 g/mol. The Morgan fingerprint density at radius 3 is 2.84 bits per heavy atom. The lowest BCUT2D eigenvalue weighted by Crippen LogP contribution is -2.14. The quantitative estimate of drug-likeness (QED) is 0.736. The molecule has 0 saturated heterocycles. The van der Waals surface area contributed by atoms with Gasteiger partial charge in [0.15, 0.2) is 5.69 Å². The molecule has 1 amide bonds. The van der Waals surface area contributed by atoms with E-state index in [9.17, 15) is 4.79 Å². The van der Waals surface area contributed by atoms with Gasteiger partial charge in [-0.3, -0.25) is 10.1 Å². The van der Waals surface area contributed by atoms with Gasteiger partial charge in [-0.2, -0.15) is 9.90 Å². The van der Waals surface area contributed by atoms with Crippen LogP contribution in [-0.2, 0) is 0 Å². The number of rotatable bonds is 3. The summed E-state index contributed by atoms with van der Waals surface area (Å²) in [6.45, 7) is 0. The minimum absolute atomic E-state index is 0.222. The number of imidazole rings is 1. The molecule has 7 heteroatoms. The molecule has 2 N–H and O–H groups in total. The van der Waals surface area contributed by atoms with Crippen molar-refractivity contribution in [1.29, 1.82) is 0 Å². The molecule has 0 unspecified atom stereocenters. The van der Waals surface area contributed by atoms with Crippen molar-refractivity contribution in [2.24, 2.45) is 0 Å². The number of hydrogen-bond donors (Lipinski definition) is 2. The summed E-state index contributed by atoms with van der Waals surface area (Å²) in [4.78, 5) is 20.0. The van der Waals surface area contributed by atoms with E-state index in [2.05, 4.69) is 25.5 Å². The van der Waals surface area contributed by atoms with Crippen molar-refractivity contribution >= 4 is 11.9 Å². The second kappa shape index (κ2) is 4.73. The van der Waals surface area contributed by atoms with Crippen molar-refractivity contribution in [1.82, 2.24) is 25.0 Å². The third-order valence-electron chi connectivity index (χ3n) is 2.44. The monoisotopic (exact) mass is 254 g/mol. The summed E-state index contributed by atoms with van der Waals surface area (Å²) < 4.78 is 0. The van der Waals surface area contributed by atoms with E-state index in [1.165, 1.54) is 11.0 Å². The maximum Gasteiger partial charge on any atom is 0.280 e. The summed E-state index contributed by atoms with van der Waals surface area (Å²) in [7, 11) is 0. The SMILES string of the molecule is O=C(Nc1ncc[nH]1)c1cnn(-c2ccccc2)n1. The molecule has 0 bridgehead atoms. The number of aromatic nitrogens is 5. The van der Waals surface area contributed by atoms with Gasteiger partial charge in [0.25, 0.3) is 5.91 Å². The molecule has 2 heterocycles. The second-order valence-corrected chi connectivity index (χ2v) is 3.75. The molecule has 2 aromatic heterocycles. The normalized spacial score (nSPS) is 10.3. The molecule has 7 nitrogen and oxygen atoms in total. The second-order valence-electron chi connectivity index (χ2n) is 3.75. The highest BCUT2D eigenvalue weighted by molar-refractivity contribution is 6.01. The molecule has 0 aliphatic carbocycles. The van der Waals surface area contributed by atoms with Crippen LogP contribution in [0.15, 0.2) is 48.9 Å². The molecule has 1 aromatic carbocycles. The Bertz CT molecular complexity index is 673. The van der Waals surface area contributed by atoms with Gasteiger partial charge >= 0.3 is 0 Å². The molecule has 0 aliphatic rings. The third-order valence-corrected chi connectivity index (χ3v) is 2.44. The zero-order valence-corrected chi connectivity index (χ0v) is 9.82. The van der Waals surface area contributed by atoms with Gasteiger partial charge in [0.05, 0.1) is 11.9 Å². The average Bonchev–Trinajstić information content (AvgIpc) is 3.10. The molecule has 3 aromatic rings. The zero-order chi connectivity index (χ0) is 13.1. The highest BCUT2D eigenvalue weighted by atomic mass is 16.2. The summed E-state index contributed by atoms with van der Waals surface area (Å²) in [5.74, 6) is 0.0105. The molecule has 0 spiro atoms. The molecule has 0 fully saturated rings. The van der Waals surface area contributed by atoms with Crippen molar-refractivity contribution in [3.63, 3.8) is 0 Å². The van der Waals surface area contributed by atoms with Crippen LogP contribution in [0.3, 0.4) is 0 Å². The van der Waals surface area contributed by atoms with Gasteiger partial charge in [-0.1, -0.05) is 18.2 Å². The van der Waals surface area contributed by atoms with E-state index < -0.39 is 0 Å². The van der Waals surface area contributed by atoms with Crippen LogP contribution in [0.25, 0.3) is 5.69 Å². The first kappa shape index (κ1) is 11.1. The Kier molecular flexibility index (Phi) is 2.77. The van der Waals surface area contributed by atoms with E-state index >= 15 is 0 Å². The first-order chi connectivity index (χ1) is 9.33. The molecular formula is C12H10N6O. The number of carbonyl (C=O) groups is 1. The summed E-state index contributed by atoms with van der Waals surface area (Å²) >= 11 is 0. The van der Waals surface area contributed by atoms with Gasteiger partial charge in [0, 0.05) is 12.4 Å². The molecule has 19 heavy (non-hydrogen) atoms. The Morgan fingerprint density at radius 2 is 2.11 bits per heavy atom. The van der Waals surface area contributed by atoms with Crippen LogP contribution in [-0.4, -0.2) is 30.9 Å². The van der Waals surface area contributed by atoms with E-state index in [0.29, 0.717) is 5.95 Å². The zero-order valence-electron chi connectivity index (χ0n) is 9.82. The lowest BCUT2D eigenvalue weighted by Gasteiger charge is -1.98. The summed E-state index contributed by atoms with van der Waals surface area (Å²) in [5, 5.41) is 10.7. The van der Waals surface area contributed by atoms with Crippen LogP contribution >= 0.6 is 0 Å². The number of para-hydroxylation sites is 1. The van der Waals surface area contributed by atoms with Crippen LogP contribution in [0.5, 0.6) is 0 Å².